The third kappa shape index (κ3) is 2.94. The van der Waals surface area contributed by atoms with Gasteiger partial charge in [-0.25, -0.2) is 0 Å². The molecule has 2 nitrogen and oxygen atoms in total. The molecule has 1 aliphatic carbocycles. The number of rotatable bonds is 4. The lowest BCUT2D eigenvalue weighted by Crippen LogP contribution is -2.36. The van der Waals surface area contributed by atoms with Crippen molar-refractivity contribution in [2.75, 3.05) is 7.11 Å². The van der Waals surface area contributed by atoms with Crippen LogP contribution in [0, 0.1) is 0 Å². The van der Waals surface area contributed by atoms with E-state index in [0.717, 1.165) is 10.9 Å². The predicted octanol–water partition coefficient (Wildman–Crippen LogP) is 3.06. The monoisotopic (exact) mass is 245 g/mol. The van der Waals surface area contributed by atoms with Crippen LogP contribution in [0.1, 0.15) is 24.1 Å². The minimum Gasteiger partial charge on any atom is -0.380 e. The minimum absolute atomic E-state index is 0.389. The van der Waals surface area contributed by atoms with Crippen LogP contribution >= 0.6 is 22.9 Å². The molecule has 2 unspecified atom stereocenters. The molecule has 0 bridgehead atoms. The van der Waals surface area contributed by atoms with Gasteiger partial charge < -0.3 is 10.1 Å². The fraction of sp³-hybridized carbons (Fsp3) is 0.636. The first-order valence-electron chi connectivity index (χ1n) is 5.30. The second kappa shape index (κ2) is 5.30. The maximum absolute atomic E-state index is 5.88. The number of nitrogens with one attached hydrogen (secondary N) is 1. The average Bonchev–Trinajstić information content (AvgIpc) is 2.83. The highest BCUT2D eigenvalue weighted by Gasteiger charge is 2.26. The van der Waals surface area contributed by atoms with Gasteiger partial charge in [0.1, 0.15) is 0 Å². The molecule has 0 saturated heterocycles. The molecule has 4 heteroatoms. The Bertz CT molecular complexity index is 315. The molecular weight excluding hydrogens is 230 g/mol. The van der Waals surface area contributed by atoms with Crippen LogP contribution in [0.5, 0.6) is 0 Å². The van der Waals surface area contributed by atoms with E-state index in [1.54, 1.807) is 18.4 Å². The first kappa shape index (κ1) is 11.4. The van der Waals surface area contributed by atoms with E-state index in [0.29, 0.717) is 12.1 Å². The molecule has 0 spiro atoms. The number of halogens is 1. The third-order valence-electron chi connectivity index (χ3n) is 2.92. The first-order valence-corrected chi connectivity index (χ1v) is 6.49. The largest absolute Gasteiger partial charge is 0.380 e. The predicted molar refractivity (Wildman–Crippen MR) is 64.6 cm³/mol. The summed E-state index contributed by atoms with van der Waals surface area (Å²) < 4.78 is 6.29. The van der Waals surface area contributed by atoms with Crippen LogP contribution in [-0.4, -0.2) is 19.3 Å². The fourth-order valence-corrected chi connectivity index (χ4v) is 3.16. The molecule has 0 aliphatic heterocycles. The molecule has 1 aromatic rings. The Labute approximate surface area is 99.6 Å². The highest BCUT2D eigenvalue weighted by atomic mass is 35.5. The summed E-state index contributed by atoms with van der Waals surface area (Å²) in [6.45, 7) is 0.905. The van der Waals surface area contributed by atoms with Crippen molar-refractivity contribution in [3.8, 4) is 0 Å². The lowest BCUT2D eigenvalue weighted by atomic mass is 10.2. The second-order valence-corrected chi connectivity index (χ2v) is 5.70. The lowest BCUT2D eigenvalue weighted by molar-refractivity contribution is 0.0848. The second-order valence-electron chi connectivity index (χ2n) is 3.90. The van der Waals surface area contributed by atoms with Gasteiger partial charge in [0, 0.05) is 24.6 Å². The van der Waals surface area contributed by atoms with Gasteiger partial charge in [0.05, 0.1) is 10.4 Å². The zero-order valence-corrected chi connectivity index (χ0v) is 10.4. The molecule has 15 heavy (non-hydrogen) atoms. The summed E-state index contributed by atoms with van der Waals surface area (Å²) in [4.78, 5) is 1.29. The number of hydrogen-bond donors (Lipinski definition) is 1. The van der Waals surface area contributed by atoms with E-state index in [1.165, 1.54) is 24.1 Å². The van der Waals surface area contributed by atoms with Gasteiger partial charge in [0.15, 0.2) is 0 Å². The van der Waals surface area contributed by atoms with E-state index >= 15 is 0 Å². The van der Waals surface area contributed by atoms with Crippen molar-refractivity contribution in [2.45, 2.75) is 38.0 Å². The maximum Gasteiger partial charge on any atom is 0.0931 e. The lowest BCUT2D eigenvalue weighted by Gasteiger charge is -2.19. The molecule has 0 amide bonds. The van der Waals surface area contributed by atoms with Crippen molar-refractivity contribution in [1.29, 1.82) is 0 Å². The van der Waals surface area contributed by atoms with Crippen LogP contribution in [0.3, 0.4) is 0 Å². The Morgan fingerprint density at radius 3 is 3.07 bits per heavy atom. The summed E-state index contributed by atoms with van der Waals surface area (Å²) in [6, 6.07) is 4.54. The van der Waals surface area contributed by atoms with Gasteiger partial charge in [-0.3, -0.25) is 0 Å². The van der Waals surface area contributed by atoms with Gasteiger partial charge in [-0.15, -0.1) is 11.3 Å². The molecule has 1 heterocycles. The van der Waals surface area contributed by atoms with Crippen molar-refractivity contribution in [3.63, 3.8) is 0 Å². The summed E-state index contributed by atoms with van der Waals surface area (Å²) in [6.07, 6.45) is 4.05. The fourth-order valence-electron chi connectivity index (χ4n) is 2.12. The standard InChI is InChI=1S/C11H16ClNOS/c1-14-10-4-2-3-9(10)13-7-8-5-6-11(12)15-8/h5-6,9-10,13H,2-4,7H2,1H3. The normalized spacial score (nSPS) is 26.0. The summed E-state index contributed by atoms with van der Waals surface area (Å²) in [5.41, 5.74) is 0. The zero-order chi connectivity index (χ0) is 10.7. The Morgan fingerprint density at radius 1 is 1.53 bits per heavy atom. The Hall–Kier alpha value is -0.0900. The van der Waals surface area contributed by atoms with Gasteiger partial charge in [-0.1, -0.05) is 11.6 Å². The summed E-state index contributed by atoms with van der Waals surface area (Å²) in [5, 5.41) is 3.54. The molecule has 84 valence electrons. The molecular formula is C11H16ClNOS. The number of thiophene rings is 1. The molecule has 1 fully saturated rings. The molecule has 2 atom stereocenters. The van der Waals surface area contributed by atoms with E-state index in [-0.39, 0.29) is 0 Å². The molecule has 1 aromatic heterocycles. The minimum atomic E-state index is 0.389. The van der Waals surface area contributed by atoms with Crippen LogP contribution in [0.15, 0.2) is 12.1 Å². The molecule has 0 radical (unpaired) electrons. The quantitative estimate of drug-likeness (QED) is 0.881. The summed E-state index contributed by atoms with van der Waals surface area (Å²) in [7, 11) is 1.80. The van der Waals surface area contributed by atoms with Crippen LogP contribution in [0.2, 0.25) is 4.34 Å². The van der Waals surface area contributed by atoms with Crippen molar-refractivity contribution in [1.82, 2.24) is 5.32 Å². The highest BCUT2D eigenvalue weighted by molar-refractivity contribution is 7.16. The summed E-state index contributed by atoms with van der Waals surface area (Å²) >= 11 is 7.52. The molecule has 2 rings (SSSR count). The van der Waals surface area contributed by atoms with E-state index in [4.69, 9.17) is 16.3 Å². The summed E-state index contributed by atoms with van der Waals surface area (Å²) in [5.74, 6) is 0. The van der Waals surface area contributed by atoms with Crippen LogP contribution in [0.25, 0.3) is 0 Å². The SMILES string of the molecule is COC1CCCC1NCc1ccc(Cl)s1. The third-order valence-corrected chi connectivity index (χ3v) is 4.15. The first-order chi connectivity index (χ1) is 7.29. The van der Waals surface area contributed by atoms with Gasteiger partial charge in [0.2, 0.25) is 0 Å². The van der Waals surface area contributed by atoms with Crippen molar-refractivity contribution >= 4 is 22.9 Å². The molecule has 1 saturated carbocycles. The zero-order valence-electron chi connectivity index (χ0n) is 8.83. The number of hydrogen-bond acceptors (Lipinski definition) is 3. The van der Waals surface area contributed by atoms with E-state index in [1.807, 2.05) is 6.07 Å². The van der Waals surface area contributed by atoms with Gasteiger partial charge in [0.25, 0.3) is 0 Å². The average molecular weight is 246 g/mol. The van der Waals surface area contributed by atoms with E-state index in [2.05, 4.69) is 11.4 Å². The Balaban J connectivity index is 1.82. The number of ether oxygens (including phenoxy) is 1. The van der Waals surface area contributed by atoms with Crippen molar-refractivity contribution in [3.05, 3.63) is 21.3 Å². The maximum atomic E-state index is 5.88. The van der Waals surface area contributed by atoms with Crippen LogP contribution < -0.4 is 5.32 Å². The van der Waals surface area contributed by atoms with Crippen molar-refractivity contribution < 1.29 is 4.74 Å². The Morgan fingerprint density at radius 2 is 2.40 bits per heavy atom. The Kier molecular flexibility index (Phi) is 4.03. The van der Waals surface area contributed by atoms with Crippen molar-refractivity contribution in [2.24, 2.45) is 0 Å². The van der Waals surface area contributed by atoms with E-state index < -0.39 is 0 Å². The smallest absolute Gasteiger partial charge is 0.0931 e. The topological polar surface area (TPSA) is 21.3 Å². The van der Waals surface area contributed by atoms with Crippen LogP contribution in [-0.2, 0) is 11.3 Å². The number of methoxy groups -OCH3 is 1. The highest BCUT2D eigenvalue weighted by Crippen LogP contribution is 2.24. The van der Waals surface area contributed by atoms with Gasteiger partial charge in [-0.2, -0.15) is 0 Å². The molecule has 1 aliphatic rings. The van der Waals surface area contributed by atoms with Gasteiger partial charge in [-0.05, 0) is 31.4 Å². The molecule has 0 aromatic carbocycles. The van der Waals surface area contributed by atoms with Gasteiger partial charge >= 0.3 is 0 Å². The van der Waals surface area contributed by atoms with Crippen LogP contribution in [0.4, 0.5) is 0 Å². The van der Waals surface area contributed by atoms with E-state index in [9.17, 15) is 0 Å². The molecule has 1 N–H and O–H groups in total.